The number of nitrogens with one attached hydrogen (secondary N) is 1. The van der Waals surface area contributed by atoms with Crippen molar-refractivity contribution in [3.05, 3.63) is 0 Å². The summed E-state index contributed by atoms with van der Waals surface area (Å²) >= 11 is 0. The summed E-state index contributed by atoms with van der Waals surface area (Å²) in [6, 6.07) is 0.758. The van der Waals surface area contributed by atoms with Gasteiger partial charge in [-0.1, -0.05) is 40.0 Å². The van der Waals surface area contributed by atoms with Crippen LogP contribution >= 0.6 is 0 Å². The van der Waals surface area contributed by atoms with Gasteiger partial charge < -0.3 is 5.32 Å². The van der Waals surface area contributed by atoms with E-state index < -0.39 is 0 Å². The SMILES string of the molecule is CCCCCN1CC(C)(C2CC2)NCC1C(C)CC. The third-order valence-corrected chi connectivity index (χ3v) is 5.54. The molecule has 0 radical (unpaired) electrons. The normalized spacial score (nSPS) is 34.4. The van der Waals surface area contributed by atoms with E-state index in [2.05, 4.69) is 37.9 Å². The molecule has 1 aliphatic carbocycles. The largest absolute Gasteiger partial charge is 0.308 e. The van der Waals surface area contributed by atoms with E-state index in [1.165, 1.54) is 58.2 Å². The van der Waals surface area contributed by atoms with Gasteiger partial charge in [0.05, 0.1) is 0 Å². The van der Waals surface area contributed by atoms with E-state index in [0.717, 1.165) is 17.9 Å². The van der Waals surface area contributed by atoms with Crippen LogP contribution in [0.4, 0.5) is 0 Å². The number of hydrogen-bond acceptors (Lipinski definition) is 2. The lowest BCUT2D eigenvalue weighted by molar-refractivity contribution is 0.0462. The molecule has 0 aromatic heterocycles. The van der Waals surface area contributed by atoms with Gasteiger partial charge in [0, 0.05) is 24.7 Å². The highest BCUT2D eigenvalue weighted by molar-refractivity contribution is 5.04. The molecule has 2 aliphatic rings. The van der Waals surface area contributed by atoms with E-state index >= 15 is 0 Å². The van der Waals surface area contributed by atoms with Gasteiger partial charge in [-0.3, -0.25) is 4.90 Å². The first-order valence-electron chi connectivity index (χ1n) is 8.59. The van der Waals surface area contributed by atoms with Crippen molar-refractivity contribution < 1.29 is 0 Å². The fraction of sp³-hybridized carbons (Fsp3) is 1.00. The molecule has 0 spiro atoms. The summed E-state index contributed by atoms with van der Waals surface area (Å²) in [6.45, 7) is 13.3. The van der Waals surface area contributed by atoms with E-state index in [1.54, 1.807) is 0 Å². The predicted molar refractivity (Wildman–Crippen MR) is 83.5 cm³/mol. The van der Waals surface area contributed by atoms with E-state index in [1.807, 2.05) is 0 Å². The summed E-state index contributed by atoms with van der Waals surface area (Å²) in [5, 5.41) is 3.90. The second-order valence-corrected chi connectivity index (χ2v) is 7.20. The Kier molecular flexibility index (Phi) is 5.30. The molecule has 3 unspecified atom stereocenters. The Bertz CT molecular complexity index is 274. The number of rotatable bonds is 7. The van der Waals surface area contributed by atoms with Gasteiger partial charge in [0.2, 0.25) is 0 Å². The molecule has 2 fully saturated rings. The molecule has 2 heteroatoms. The van der Waals surface area contributed by atoms with Crippen LogP contribution in [-0.2, 0) is 0 Å². The van der Waals surface area contributed by atoms with Crippen molar-refractivity contribution in [3.8, 4) is 0 Å². The zero-order chi connectivity index (χ0) is 13.9. The Labute approximate surface area is 120 Å². The zero-order valence-electron chi connectivity index (χ0n) is 13.5. The Morgan fingerprint density at radius 2 is 2.00 bits per heavy atom. The third kappa shape index (κ3) is 3.72. The highest BCUT2D eigenvalue weighted by Crippen LogP contribution is 2.41. The van der Waals surface area contributed by atoms with Crippen molar-refractivity contribution >= 4 is 0 Å². The minimum Gasteiger partial charge on any atom is -0.308 e. The van der Waals surface area contributed by atoms with Crippen molar-refractivity contribution in [2.75, 3.05) is 19.6 Å². The number of unbranched alkanes of at least 4 members (excludes halogenated alkanes) is 2. The van der Waals surface area contributed by atoms with Crippen LogP contribution in [0.2, 0.25) is 0 Å². The quantitative estimate of drug-likeness (QED) is 0.707. The second kappa shape index (κ2) is 6.58. The van der Waals surface area contributed by atoms with Crippen LogP contribution in [0.25, 0.3) is 0 Å². The van der Waals surface area contributed by atoms with Crippen molar-refractivity contribution in [2.45, 2.75) is 77.8 Å². The summed E-state index contributed by atoms with van der Waals surface area (Å²) < 4.78 is 0. The molecule has 0 aromatic carbocycles. The summed E-state index contributed by atoms with van der Waals surface area (Å²) in [6.07, 6.45) is 8.29. The molecule has 1 saturated heterocycles. The summed E-state index contributed by atoms with van der Waals surface area (Å²) in [5.74, 6) is 1.76. The molecule has 2 rings (SSSR count). The van der Waals surface area contributed by atoms with Crippen molar-refractivity contribution in [1.82, 2.24) is 10.2 Å². The molecule has 1 N–H and O–H groups in total. The van der Waals surface area contributed by atoms with Gasteiger partial charge in [0.25, 0.3) is 0 Å². The number of hydrogen-bond donors (Lipinski definition) is 1. The monoisotopic (exact) mass is 266 g/mol. The van der Waals surface area contributed by atoms with Crippen LogP contribution in [-0.4, -0.2) is 36.1 Å². The van der Waals surface area contributed by atoms with Crippen LogP contribution in [0, 0.1) is 11.8 Å². The van der Waals surface area contributed by atoms with Gasteiger partial charge in [0.1, 0.15) is 0 Å². The first-order valence-corrected chi connectivity index (χ1v) is 8.59. The van der Waals surface area contributed by atoms with Crippen LogP contribution in [0.15, 0.2) is 0 Å². The molecule has 1 aliphatic heterocycles. The minimum absolute atomic E-state index is 0.399. The van der Waals surface area contributed by atoms with Crippen LogP contribution in [0.1, 0.15) is 66.2 Å². The molecule has 1 saturated carbocycles. The highest BCUT2D eigenvalue weighted by Gasteiger charge is 2.46. The number of piperazine rings is 1. The molecule has 0 amide bonds. The average Bonchev–Trinajstić information content (AvgIpc) is 3.23. The van der Waals surface area contributed by atoms with Crippen molar-refractivity contribution in [3.63, 3.8) is 0 Å². The zero-order valence-corrected chi connectivity index (χ0v) is 13.5. The second-order valence-electron chi connectivity index (χ2n) is 7.20. The minimum atomic E-state index is 0.399. The Balaban J connectivity index is 1.96. The summed E-state index contributed by atoms with van der Waals surface area (Å²) in [5.41, 5.74) is 0.399. The maximum absolute atomic E-state index is 3.90. The smallest absolute Gasteiger partial charge is 0.0309 e. The maximum atomic E-state index is 3.90. The van der Waals surface area contributed by atoms with Gasteiger partial charge >= 0.3 is 0 Å². The van der Waals surface area contributed by atoms with Gasteiger partial charge in [0.15, 0.2) is 0 Å². The molecule has 0 bridgehead atoms. The van der Waals surface area contributed by atoms with Gasteiger partial charge in [-0.2, -0.15) is 0 Å². The molecule has 19 heavy (non-hydrogen) atoms. The first-order chi connectivity index (χ1) is 9.10. The predicted octanol–water partition coefficient (Wildman–Crippen LogP) is 3.67. The molecular weight excluding hydrogens is 232 g/mol. The van der Waals surface area contributed by atoms with E-state index in [4.69, 9.17) is 0 Å². The fourth-order valence-corrected chi connectivity index (χ4v) is 3.70. The van der Waals surface area contributed by atoms with E-state index in [-0.39, 0.29) is 0 Å². The Hall–Kier alpha value is -0.0800. The standard InChI is InChI=1S/C17H34N2/c1-5-7-8-11-19-13-17(4,15-9-10-15)18-12-16(19)14(3)6-2/h14-16,18H,5-13H2,1-4H3. The van der Waals surface area contributed by atoms with Crippen molar-refractivity contribution in [1.29, 1.82) is 0 Å². The highest BCUT2D eigenvalue weighted by atomic mass is 15.3. The molecule has 1 heterocycles. The van der Waals surface area contributed by atoms with Crippen LogP contribution in [0.3, 0.4) is 0 Å². The van der Waals surface area contributed by atoms with Crippen LogP contribution < -0.4 is 5.32 Å². The third-order valence-electron chi connectivity index (χ3n) is 5.54. The fourth-order valence-electron chi connectivity index (χ4n) is 3.70. The Morgan fingerprint density at radius 1 is 1.26 bits per heavy atom. The lowest BCUT2D eigenvalue weighted by Gasteiger charge is -2.48. The summed E-state index contributed by atoms with van der Waals surface area (Å²) in [7, 11) is 0. The molecule has 0 aromatic rings. The molecule has 112 valence electrons. The van der Waals surface area contributed by atoms with Gasteiger partial charge in [-0.15, -0.1) is 0 Å². The number of nitrogens with zero attached hydrogens (tertiary/aromatic N) is 1. The van der Waals surface area contributed by atoms with Crippen LogP contribution in [0.5, 0.6) is 0 Å². The maximum Gasteiger partial charge on any atom is 0.0309 e. The average molecular weight is 266 g/mol. The molecule has 2 nitrogen and oxygen atoms in total. The van der Waals surface area contributed by atoms with E-state index in [0.29, 0.717) is 5.54 Å². The lowest BCUT2D eigenvalue weighted by Crippen LogP contribution is -2.65. The molecular formula is C17H34N2. The van der Waals surface area contributed by atoms with Gasteiger partial charge in [-0.25, -0.2) is 0 Å². The topological polar surface area (TPSA) is 15.3 Å². The van der Waals surface area contributed by atoms with Gasteiger partial charge in [-0.05, 0) is 44.6 Å². The van der Waals surface area contributed by atoms with Crippen molar-refractivity contribution in [2.24, 2.45) is 11.8 Å². The summed E-state index contributed by atoms with van der Waals surface area (Å²) in [4.78, 5) is 2.82. The first kappa shape index (κ1) is 15.3. The van der Waals surface area contributed by atoms with E-state index in [9.17, 15) is 0 Å². The Morgan fingerprint density at radius 3 is 2.58 bits per heavy atom. The lowest BCUT2D eigenvalue weighted by atomic mass is 9.86. The molecule has 3 atom stereocenters.